The van der Waals surface area contributed by atoms with E-state index in [0.717, 1.165) is 17.8 Å². The fourth-order valence-electron chi connectivity index (χ4n) is 2.36. The molecule has 2 rings (SSSR count). The standard InChI is InChI=1S/C12H19N3O3S.ClH/c1-17-8-3-4-15(10(5-8)11(16)18-2)7-9-6-14-12(13)19-9;/h6,8,10H,3-5,7H2,1-2H3,(H2,13,14);1H. The SMILES string of the molecule is COC(=O)C1CC(OC)CCN1Cc1cnc(N)s1.Cl. The van der Waals surface area contributed by atoms with Gasteiger partial charge in [-0.25, -0.2) is 4.98 Å². The number of piperidine rings is 1. The van der Waals surface area contributed by atoms with Crippen molar-refractivity contribution >= 4 is 34.8 Å². The summed E-state index contributed by atoms with van der Waals surface area (Å²) in [5.74, 6) is -0.209. The van der Waals surface area contributed by atoms with Crippen molar-refractivity contribution in [2.24, 2.45) is 0 Å². The van der Waals surface area contributed by atoms with E-state index in [9.17, 15) is 4.79 Å². The van der Waals surface area contributed by atoms with Crippen LogP contribution in [0.5, 0.6) is 0 Å². The van der Waals surface area contributed by atoms with Crippen LogP contribution in [0.4, 0.5) is 5.13 Å². The first kappa shape index (κ1) is 17.2. The van der Waals surface area contributed by atoms with E-state index in [1.807, 2.05) is 0 Å². The monoisotopic (exact) mass is 321 g/mol. The van der Waals surface area contributed by atoms with Gasteiger partial charge in [-0.15, -0.1) is 23.7 Å². The third-order valence-corrected chi connectivity index (χ3v) is 4.21. The van der Waals surface area contributed by atoms with Crippen LogP contribution in [0.2, 0.25) is 0 Å². The smallest absolute Gasteiger partial charge is 0.323 e. The summed E-state index contributed by atoms with van der Waals surface area (Å²) in [5.41, 5.74) is 5.63. The summed E-state index contributed by atoms with van der Waals surface area (Å²) in [5, 5.41) is 0.552. The molecule has 2 N–H and O–H groups in total. The van der Waals surface area contributed by atoms with Crippen LogP contribution >= 0.6 is 23.7 Å². The molecule has 0 radical (unpaired) electrons. The number of halogens is 1. The highest BCUT2D eigenvalue weighted by Crippen LogP contribution is 2.25. The second-order valence-electron chi connectivity index (χ2n) is 4.56. The number of esters is 1. The Kier molecular flexibility index (Phi) is 6.67. The molecule has 1 fully saturated rings. The minimum absolute atomic E-state index is 0. The van der Waals surface area contributed by atoms with Crippen LogP contribution in [0.3, 0.4) is 0 Å². The fourth-order valence-corrected chi connectivity index (χ4v) is 3.07. The Morgan fingerprint density at radius 2 is 2.35 bits per heavy atom. The number of nitrogens with zero attached hydrogens (tertiary/aromatic N) is 2. The van der Waals surface area contributed by atoms with Gasteiger partial charge in [0.15, 0.2) is 5.13 Å². The summed E-state index contributed by atoms with van der Waals surface area (Å²) in [6.07, 6.45) is 3.46. The van der Waals surface area contributed by atoms with Gasteiger partial charge in [0, 0.05) is 31.3 Å². The van der Waals surface area contributed by atoms with Gasteiger partial charge in [0.1, 0.15) is 6.04 Å². The van der Waals surface area contributed by atoms with E-state index in [-0.39, 0.29) is 30.5 Å². The molecule has 0 amide bonds. The number of nitrogen functional groups attached to an aromatic ring is 1. The highest BCUT2D eigenvalue weighted by Gasteiger charge is 2.34. The van der Waals surface area contributed by atoms with Gasteiger partial charge in [0.25, 0.3) is 0 Å². The zero-order valence-corrected chi connectivity index (χ0v) is 13.2. The third kappa shape index (κ3) is 4.05. The molecule has 0 bridgehead atoms. The summed E-state index contributed by atoms with van der Waals surface area (Å²) in [4.78, 5) is 19.1. The Hall–Kier alpha value is -0.890. The molecule has 0 spiro atoms. The molecule has 2 atom stereocenters. The van der Waals surface area contributed by atoms with Crippen molar-refractivity contribution in [3.63, 3.8) is 0 Å². The van der Waals surface area contributed by atoms with Crippen molar-refractivity contribution in [3.8, 4) is 0 Å². The molecule has 1 aliphatic heterocycles. The van der Waals surface area contributed by atoms with Crippen molar-refractivity contribution in [1.82, 2.24) is 9.88 Å². The lowest BCUT2D eigenvalue weighted by atomic mass is 9.99. The van der Waals surface area contributed by atoms with Gasteiger partial charge in [0.05, 0.1) is 13.2 Å². The van der Waals surface area contributed by atoms with E-state index in [0.29, 0.717) is 18.1 Å². The molecule has 2 heterocycles. The molecular weight excluding hydrogens is 302 g/mol. The normalized spacial score (nSPS) is 23.1. The first-order valence-electron chi connectivity index (χ1n) is 6.19. The van der Waals surface area contributed by atoms with Crippen molar-refractivity contribution in [1.29, 1.82) is 0 Å². The number of rotatable bonds is 4. The van der Waals surface area contributed by atoms with Gasteiger partial charge in [-0.3, -0.25) is 9.69 Å². The number of nitrogens with two attached hydrogens (primary N) is 1. The molecule has 1 aliphatic rings. The molecule has 0 aromatic carbocycles. The van der Waals surface area contributed by atoms with E-state index in [2.05, 4.69) is 9.88 Å². The number of likely N-dealkylation sites (tertiary alicyclic amines) is 1. The molecule has 1 saturated heterocycles. The van der Waals surface area contributed by atoms with E-state index in [1.54, 1.807) is 13.3 Å². The lowest BCUT2D eigenvalue weighted by Gasteiger charge is -2.36. The van der Waals surface area contributed by atoms with Crippen molar-refractivity contribution < 1.29 is 14.3 Å². The number of methoxy groups -OCH3 is 2. The van der Waals surface area contributed by atoms with Crippen molar-refractivity contribution in [2.75, 3.05) is 26.5 Å². The van der Waals surface area contributed by atoms with Crippen LogP contribution in [0, 0.1) is 0 Å². The predicted molar refractivity (Wildman–Crippen MR) is 80.0 cm³/mol. The third-order valence-electron chi connectivity index (χ3n) is 3.40. The van der Waals surface area contributed by atoms with Crippen LogP contribution in [0.1, 0.15) is 17.7 Å². The van der Waals surface area contributed by atoms with Crippen LogP contribution in [-0.2, 0) is 20.8 Å². The zero-order chi connectivity index (χ0) is 13.8. The number of anilines is 1. The summed E-state index contributed by atoms with van der Waals surface area (Å²) < 4.78 is 10.2. The molecule has 0 saturated carbocycles. The fraction of sp³-hybridized carbons (Fsp3) is 0.667. The van der Waals surface area contributed by atoms with Crippen LogP contribution < -0.4 is 5.73 Å². The summed E-state index contributed by atoms with van der Waals surface area (Å²) >= 11 is 1.45. The van der Waals surface area contributed by atoms with Crippen LogP contribution in [-0.4, -0.2) is 48.8 Å². The van der Waals surface area contributed by atoms with Crippen LogP contribution in [0.25, 0.3) is 0 Å². The van der Waals surface area contributed by atoms with Crippen LogP contribution in [0.15, 0.2) is 6.20 Å². The highest BCUT2D eigenvalue weighted by atomic mass is 35.5. The second kappa shape index (κ2) is 7.78. The average Bonchev–Trinajstić information content (AvgIpc) is 2.83. The van der Waals surface area contributed by atoms with Gasteiger partial charge in [0.2, 0.25) is 0 Å². The number of carbonyl (C=O) groups excluding carboxylic acids is 1. The van der Waals surface area contributed by atoms with E-state index >= 15 is 0 Å². The molecule has 1 aromatic heterocycles. The first-order chi connectivity index (χ1) is 9.13. The van der Waals surface area contributed by atoms with Gasteiger partial charge >= 0.3 is 5.97 Å². The van der Waals surface area contributed by atoms with Gasteiger partial charge < -0.3 is 15.2 Å². The molecule has 1 aromatic rings. The Morgan fingerprint density at radius 1 is 1.60 bits per heavy atom. The minimum atomic E-state index is -0.257. The summed E-state index contributed by atoms with van der Waals surface area (Å²) in [6.45, 7) is 1.47. The number of hydrogen-bond acceptors (Lipinski definition) is 7. The summed E-state index contributed by atoms with van der Waals surface area (Å²) in [7, 11) is 3.10. The Labute approximate surface area is 128 Å². The maximum atomic E-state index is 11.9. The van der Waals surface area contributed by atoms with Gasteiger partial charge in [-0.1, -0.05) is 0 Å². The predicted octanol–water partition coefficient (Wildman–Crippen LogP) is 1.30. The molecule has 2 unspecified atom stereocenters. The largest absolute Gasteiger partial charge is 0.468 e. The number of thiazole rings is 1. The molecule has 114 valence electrons. The Balaban J connectivity index is 0.00000200. The maximum absolute atomic E-state index is 11.9. The average molecular weight is 322 g/mol. The quantitative estimate of drug-likeness (QED) is 0.842. The highest BCUT2D eigenvalue weighted by molar-refractivity contribution is 7.15. The molecule has 6 nitrogen and oxygen atoms in total. The lowest BCUT2D eigenvalue weighted by Crippen LogP contribution is -2.48. The lowest BCUT2D eigenvalue weighted by molar-refractivity contribution is -0.151. The molecule has 8 heteroatoms. The van der Waals surface area contributed by atoms with E-state index in [4.69, 9.17) is 15.2 Å². The molecule has 20 heavy (non-hydrogen) atoms. The van der Waals surface area contributed by atoms with Crippen molar-refractivity contribution in [2.45, 2.75) is 31.5 Å². The first-order valence-corrected chi connectivity index (χ1v) is 7.00. The van der Waals surface area contributed by atoms with Crippen molar-refractivity contribution in [3.05, 3.63) is 11.1 Å². The number of aromatic nitrogens is 1. The Bertz CT molecular complexity index is 443. The van der Waals surface area contributed by atoms with Gasteiger partial charge in [-0.2, -0.15) is 0 Å². The van der Waals surface area contributed by atoms with Gasteiger partial charge in [-0.05, 0) is 12.8 Å². The zero-order valence-electron chi connectivity index (χ0n) is 11.6. The topological polar surface area (TPSA) is 77.7 Å². The number of ether oxygens (including phenoxy) is 2. The number of hydrogen-bond donors (Lipinski definition) is 1. The Morgan fingerprint density at radius 3 is 2.90 bits per heavy atom. The second-order valence-corrected chi connectivity index (χ2v) is 5.70. The van der Waals surface area contributed by atoms with E-state index < -0.39 is 0 Å². The minimum Gasteiger partial charge on any atom is -0.468 e. The molecule has 0 aliphatic carbocycles. The van der Waals surface area contributed by atoms with E-state index in [1.165, 1.54) is 18.4 Å². The molecular formula is C12H20ClN3O3S. The summed E-state index contributed by atoms with van der Waals surface area (Å²) in [6, 6.07) is -0.257. The maximum Gasteiger partial charge on any atom is 0.323 e. The number of carbonyl (C=O) groups is 1.